The van der Waals surface area contributed by atoms with Crippen LogP contribution >= 0.6 is 11.6 Å². The molecule has 1 fully saturated rings. The van der Waals surface area contributed by atoms with Crippen molar-refractivity contribution in [1.82, 2.24) is 4.90 Å². The predicted molar refractivity (Wildman–Crippen MR) is 71.8 cm³/mol. The molecule has 1 aromatic carbocycles. The molecule has 1 heterocycles. The van der Waals surface area contributed by atoms with Crippen molar-refractivity contribution >= 4 is 17.3 Å². The van der Waals surface area contributed by atoms with Crippen molar-refractivity contribution in [3.63, 3.8) is 0 Å². The fraction of sp³-hybridized carbons (Fsp3) is 0.538. The molecule has 3 nitrogen and oxygen atoms in total. The zero-order valence-corrected chi connectivity index (χ0v) is 11.1. The molecule has 2 unspecified atom stereocenters. The SMILES string of the molecule is CC1CN(c2ccc(Cl)cc2)CC(CO)N1C. The Morgan fingerprint density at radius 2 is 1.94 bits per heavy atom. The molecule has 0 spiro atoms. The van der Waals surface area contributed by atoms with Crippen molar-refractivity contribution in [3.05, 3.63) is 29.3 Å². The smallest absolute Gasteiger partial charge is 0.0604 e. The summed E-state index contributed by atoms with van der Waals surface area (Å²) in [7, 11) is 2.07. The summed E-state index contributed by atoms with van der Waals surface area (Å²) in [5.74, 6) is 0. The number of benzene rings is 1. The molecule has 2 atom stereocenters. The van der Waals surface area contributed by atoms with Crippen LogP contribution in [0.3, 0.4) is 0 Å². The number of aliphatic hydroxyl groups excluding tert-OH is 1. The van der Waals surface area contributed by atoms with E-state index >= 15 is 0 Å². The summed E-state index contributed by atoms with van der Waals surface area (Å²) in [6.07, 6.45) is 0. The Kier molecular flexibility index (Phi) is 3.92. The summed E-state index contributed by atoms with van der Waals surface area (Å²) in [6.45, 7) is 4.23. The second-order valence-electron chi connectivity index (χ2n) is 4.73. The zero-order valence-electron chi connectivity index (χ0n) is 10.3. The van der Waals surface area contributed by atoms with Gasteiger partial charge in [0.15, 0.2) is 0 Å². The van der Waals surface area contributed by atoms with Crippen molar-refractivity contribution in [2.24, 2.45) is 0 Å². The summed E-state index contributed by atoms with van der Waals surface area (Å²) < 4.78 is 0. The Balaban J connectivity index is 2.14. The van der Waals surface area contributed by atoms with Crippen LogP contribution in [0, 0.1) is 0 Å². The highest BCUT2D eigenvalue weighted by Crippen LogP contribution is 2.23. The van der Waals surface area contributed by atoms with E-state index in [9.17, 15) is 5.11 Å². The van der Waals surface area contributed by atoms with E-state index in [1.165, 1.54) is 5.69 Å². The lowest BCUT2D eigenvalue weighted by atomic mass is 10.1. The first kappa shape index (κ1) is 12.7. The summed E-state index contributed by atoms with van der Waals surface area (Å²) >= 11 is 5.89. The number of piperazine rings is 1. The molecule has 0 radical (unpaired) electrons. The number of halogens is 1. The normalized spacial score (nSPS) is 26.2. The van der Waals surface area contributed by atoms with E-state index in [0.29, 0.717) is 6.04 Å². The first-order valence-corrected chi connectivity index (χ1v) is 6.33. The highest BCUT2D eigenvalue weighted by Gasteiger charge is 2.28. The minimum atomic E-state index is 0.199. The van der Waals surface area contributed by atoms with Gasteiger partial charge in [0.2, 0.25) is 0 Å². The van der Waals surface area contributed by atoms with Gasteiger partial charge in [-0.2, -0.15) is 0 Å². The van der Waals surface area contributed by atoms with Crippen LogP contribution in [0.1, 0.15) is 6.92 Å². The average Bonchev–Trinajstić information content (AvgIpc) is 2.33. The van der Waals surface area contributed by atoms with Gasteiger partial charge in [-0.25, -0.2) is 0 Å². The third kappa shape index (κ3) is 2.73. The minimum absolute atomic E-state index is 0.199. The highest BCUT2D eigenvalue weighted by atomic mass is 35.5. The Morgan fingerprint density at radius 1 is 1.29 bits per heavy atom. The van der Waals surface area contributed by atoms with Crippen molar-refractivity contribution < 1.29 is 5.11 Å². The van der Waals surface area contributed by atoms with E-state index in [1.807, 2.05) is 24.3 Å². The maximum atomic E-state index is 9.40. The van der Waals surface area contributed by atoms with Crippen LogP contribution in [0.15, 0.2) is 24.3 Å². The maximum Gasteiger partial charge on any atom is 0.0604 e. The zero-order chi connectivity index (χ0) is 12.4. The molecule has 1 aliphatic rings. The van der Waals surface area contributed by atoms with Gasteiger partial charge in [-0.15, -0.1) is 0 Å². The van der Waals surface area contributed by atoms with Crippen LogP contribution in [-0.2, 0) is 0 Å². The maximum absolute atomic E-state index is 9.40. The van der Waals surface area contributed by atoms with Gasteiger partial charge in [-0.05, 0) is 38.2 Å². The van der Waals surface area contributed by atoms with Gasteiger partial charge < -0.3 is 10.0 Å². The van der Waals surface area contributed by atoms with Gasteiger partial charge in [0.1, 0.15) is 0 Å². The van der Waals surface area contributed by atoms with Crippen LogP contribution < -0.4 is 4.90 Å². The quantitative estimate of drug-likeness (QED) is 0.873. The van der Waals surface area contributed by atoms with E-state index in [4.69, 9.17) is 11.6 Å². The van der Waals surface area contributed by atoms with Crippen LogP contribution in [0.2, 0.25) is 5.02 Å². The lowest BCUT2D eigenvalue weighted by molar-refractivity contribution is 0.0996. The van der Waals surface area contributed by atoms with E-state index in [0.717, 1.165) is 18.1 Å². The Labute approximate surface area is 108 Å². The topological polar surface area (TPSA) is 26.7 Å². The molecule has 1 saturated heterocycles. The molecular formula is C13H19ClN2O. The molecule has 2 rings (SSSR count). The van der Waals surface area contributed by atoms with Crippen molar-refractivity contribution in [2.45, 2.75) is 19.0 Å². The largest absolute Gasteiger partial charge is 0.395 e. The van der Waals surface area contributed by atoms with Gasteiger partial charge >= 0.3 is 0 Å². The van der Waals surface area contributed by atoms with Gasteiger partial charge in [0.05, 0.1) is 12.6 Å². The molecule has 0 aliphatic carbocycles. The second-order valence-corrected chi connectivity index (χ2v) is 5.17. The van der Waals surface area contributed by atoms with E-state index < -0.39 is 0 Å². The van der Waals surface area contributed by atoms with Gasteiger partial charge in [0.25, 0.3) is 0 Å². The number of likely N-dealkylation sites (N-methyl/N-ethyl adjacent to an activating group) is 1. The predicted octanol–water partition coefficient (Wildman–Crippen LogP) is 1.84. The van der Waals surface area contributed by atoms with Crippen LogP contribution in [0.5, 0.6) is 0 Å². The van der Waals surface area contributed by atoms with Crippen LogP contribution in [0.25, 0.3) is 0 Å². The number of rotatable bonds is 2. The first-order chi connectivity index (χ1) is 8.11. The standard InChI is InChI=1S/C13H19ClN2O/c1-10-7-16(8-13(9-17)15(10)2)12-5-3-11(14)4-6-12/h3-6,10,13,17H,7-9H2,1-2H3. The van der Waals surface area contributed by atoms with Crippen LogP contribution in [-0.4, -0.2) is 48.8 Å². The number of hydrogen-bond donors (Lipinski definition) is 1. The number of aliphatic hydroxyl groups is 1. The van der Waals surface area contributed by atoms with Crippen molar-refractivity contribution in [2.75, 3.05) is 31.6 Å². The first-order valence-electron chi connectivity index (χ1n) is 5.95. The van der Waals surface area contributed by atoms with Gasteiger partial charge in [-0.1, -0.05) is 11.6 Å². The lowest BCUT2D eigenvalue weighted by Crippen LogP contribution is -2.57. The molecule has 1 aliphatic heterocycles. The number of hydrogen-bond acceptors (Lipinski definition) is 3. The molecule has 4 heteroatoms. The lowest BCUT2D eigenvalue weighted by Gasteiger charge is -2.44. The summed E-state index contributed by atoms with van der Waals surface area (Å²) in [4.78, 5) is 4.55. The minimum Gasteiger partial charge on any atom is -0.395 e. The second kappa shape index (κ2) is 5.25. The Hall–Kier alpha value is -0.770. The van der Waals surface area contributed by atoms with Crippen LogP contribution in [0.4, 0.5) is 5.69 Å². The number of nitrogens with zero attached hydrogens (tertiary/aromatic N) is 2. The highest BCUT2D eigenvalue weighted by molar-refractivity contribution is 6.30. The molecule has 94 valence electrons. The third-order valence-electron chi connectivity index (χ3n) is 3.59. The molecule has 0 aromatic heterocycles. The summed E-state index contributed by atoms with van der Waals surface area (Å²) in [5, 5.41) is 10.2. The summed E-state index contributed by atoms with van der Waals surface area (Å²) in [6, 6.07) is 8.54. The fourth-order valence-corrected chi connectivity index (χ4v) is 2.44. The van der Waals surface area contributed by atoms with E-state index in [1.54, 1.807) is 0 Å². The average molecular weight is 255 g/mol. The molecule has 0 saturated carbocycles. The monoisotopic (exact) mass is 254 g/mol. The Morgan fingerprint density at radius 3 is 2.53 bits per heavy atom. The molecule has 0 amide bonds. The summed E-state index contributed by atoms with van der Waals surface area (Å²) in [5.41, 5.74) is 1.17. The number of anilines is 1. The van der Waals surface area contributed by atoms with Gasteiger partial charge in [-0.3, -0.25) is 4.90 Å². The molecule has 0 bridgehead atoms. The molecule has 17 heavy (non-hydrogen) atoms. The van der Waals surface area contributed by atoms with E-state index in [-0.39, 0.29) is 12.6 Å². The fourth-order valence-electron chi connectivity index (χ4n) is 2.31. The van der Waals surface area contributed by atoms with Gasteiger partial charge in [0, 0.05) is 29.8 Å². The molecule has 1 N–H and O–H groups in total. The van der Waals surface area contributed by atoms with Crippen molar-refractivity contribution in [3.8, 4) is 0 Å². The molecule has 1 aromatic rings. The third-order valence-corrected chi connectivity index (χ3v) is 3.84. The molecular weight excluding hydrogens is 236 g/mol. The Bertz CT molecular complexity index is 368. The van der Waals surface area contributed by atoms with Crippen molar-refractivity contribution in [1.29, 1.82) is 0 Å². The van der Waals surface area contributed by atoms with E-state index in [2.05, 4.69) is 23.8 Å².